The van der Waals surface area contributed by atoms with E-state index >= 15 is 0 Å². The van der Waals surface area contributed by atoms with Crippen molar-refractivity contribution in [3.8, 4) is 11.3 Å². The fourth-order valence-electron chi connectivity index (χ4n) is 2.21. The van der Waals surface area contributed by atoms with Crippen molar-refractivity contribution in [1.82, 2.24) is 14.2 Å². The normalized spacial score (nSPS) is 10.8. The molecule has 20 heavy (non-hydrogen) atoms. The van der Waals surface area contributed by atoms with Crippen LogP contribution in [0.25, 0.3) is 16.9 Å². The first-order chi connectivity index (χ1) is 9.70. The van der Waals surface area contributed by atoms with E-state index in [4.69, 9.17) is 0 Å². The molecule has 0 N–H and O–H groups in total. The van der Waals surface area contributed by atoms with Gasteiger partial charge in [-0.1, -0.05) is 30.3 Å². The maximum Gasteiger partial charge on any atom is 0.273 e. The number of fused-ring (bicyclic) bond motifs is 1. The zero-order valence-corrected chi connectivity index (χ0v) is 11.0. The molecule has 0 atom stereocenters. The van der Waals surface area contributed by atoms with Crippen LogP contribution in [0.5, 0.6) is 0 Å². The predicted molar refractivity (Wildman–Crippen MR) is 76.8 cm³/mol. The van der Waals surface area contributed by atoms with Crippen molar-refractivity contribution in [1.29, 1.82) is 0 Å². The van der Waals surface area contributed by atoms with Crippen LogP contribution in [0.1, 0.15) is 6.92 Å². The highest BCUT2D eigenvalue weighted by Crippen LogP contribution is 2.17. The summed E-state index contributed by atoms with van der Waals surface area (Å²) in [5.41, 5.74) is 1.57. The number of rotatable bonds is 2. The number of benzene rings is 1. The molecule has 0 aliphatic carbocycles. The standard InChI is InChI=1S/C15H13N3O2/c1-2-17-13-10-12(11-6-4-3-5-7-11)16-18(13)15(20)9-8-14(17)19/h3-10H,2H2,1H3. The summed E-state index contributed by atoms with van der Waals surface area (Å²) in [5.74, 6) is 0. The summed E-state index contributed by atoms with van der Waals surface area (Å²) >= 11 is 0. The van der Waals surface area contributed by atoms with Crippen molar-refractivity contribution < 1.29 is 0 Å². The Balaban J connectivity index is 2.40. The Morgan fingerprint density at radius 3 is 2.40 bits per heavy atom. The number of aromatic nitrogens is 3. The highest BCUT2D eigenvalue weighted by Gasteiger charge is 2.09. The molecule has 0 radical (unpaired) electrons. The average molecular weight is 267 g/mol. The zero-order chi connectivity index (χ0) is 14.1. The maximum atomic E-state index is 12.0. The van der Waals surface area contributed by atoms with Crippen LogP contribution in [0.3, 0.4) is 0 Å². The number of aryl methyl sites for hydroxylation is 1. The van der Waals surface area contributed by atoms with Gasteiger partial charge < -0.3 is 0 Å². The molecule has 0 spiro atoms. The van der Waals surface area contributed by atoms with E-state index in [1.54, 1.807) is 6.07 Å². The molecule has 0 bridgehead atoms. The van der Waals surface area contributed by atoms with Crippen LogP contribution in [0.4, 0.5) is 0 Å². The maximum absolute atomic E-state index is 12.0. The molecule has 0 saturated heterocycles. The second kappa shape index (κ2) is 4.77. The van der Waals surface area contributed by atoms with Gasteiger partial charge in [-0.3, -0.25) is 14.2 Å². The molecule has 100 valence electrons. The summed E-state index contributed by atoms with van der Waals surface area (Å²) in [6.45, 7) is 2.34. The van der Waals surface area contributed by atoms with Crippen molar-refractivity contribution in [2.24, 2.45) is 0 Å². The van der Waals surface area contributed by atoms with Gasteiger partial charge in [-0.25, -0.2) is 0 Å². The van der Waals surface area contributed by atoms with Crippen LogP contribution in [-0.2, 0) is 6.54 Å². The lowest BCUT2D eigenvalue weighted by Crippen LogP contribution is -2.17. The van der Waals surface area contributed by atoms with Gasteiger partial charge in [0, 0.05) is 30.3 Å². The molecule has 0 aliphatic heterocycles. The highest BCUT2D eigenvalue weighted by atomic mass is 16.1. The van der Waals surface area contributed by atoms with Gasteiger partial charge in [-0.15, -0.1) is 0 Å². The summed E-state index contributed by atoms with van der Waals surface area (Å²) in [7, 11) is 0. The molecule has 3 aromatic rings. The first-order valence-electron chi connectivity index (χ1n) is 6.40. The third-order valence-corrected chi connectivity index (χ3v) is 3.20. The lowest BCUT2D eigenvalue weighted by atomic mass is 10.2. The fraction of sp³-hybridized carbons (Fsp3) is 0.133. The van der Waals surface area contributed by atoms with Gasteiger partial charge in [0.25, 0.3) is 11.1 Å². The molecule has 0 amide bonds. The molecule has 5 heteroatoms. The zero-order valence-electron chi connectivity index (χ0n) is 11.0. The van der Waals surface area contributed by atoms with Crippen LogP contribution in [0, 0.1) is 0 Å². The van der Waals surface area contributed by atoms with Gasteiger partial charge in [-0.2, -0.15) is 9.61 Å². The summed E-state index contributed by atoms with van der Waals surface area (Å²) in [4.78, 5) is 23.9. The van der Waals surface area contributed by atoms with Gasteiger partial charge in [-0.05, 0) is 6.92 Å². The molecule has 1 aromatic carbocycles. The topological polar surface area (TPSA) is 56.4 Å². The first kappa shape index (κ1) is 12.3. The Morgan fingerprint density at radius 1 is 1.00 bits per heavy atom. The van der Waals surface area contributed by atoms with Crippen molar-refractivity contribution in [3.05, 3.63) is 69.2 Å². The van der Waals surface area contributed by atoms with Crippen molar-refractivity contribution in [2.75, 3.05) is 0 Å². The Hall–Kier alpha value is -2.69. The van der Waals surface area contributed by atoms with E-state index in [-0.39, 0.29) is 11.1 Å². The van der Waals surface area contributed by atoms with Crippen LogP contribution < -0.4 is 11.1 Å². The molecule has 3 rings (SSSR count). The second-order valence-electron chi connectivity index (χ2n) is 4.42. The minimum atomic E-state index is -0.313. The molecule has 0 saturated carbocycles. The Morgan fingerprint density at radius 2 is 1.70 bits per heavy atom. The minimum Gasteiger partial charge on any atom is -0.293 e. The smallest absolute Gasteiger partial charge is 0.273 e. The molecule has 2 heterocycles. The van der Waals surface area contributed by atoms with Gasteiger partial charge in [0.1, 0.15) is 5.65 Å². The third kappa shape index (κ3) is 1.93. The lowest BCUT2D eigenvalue weighted by molar-refractivity contribution is 0.736. The van der Waals surface area contributed by atoms with Crippen molar-refractivity contribution >= 4 is 5.65 Å². The van der Waals surface area contributed by atoms with Crippen LogP contribution in [0.15, 0.2) is 58.1 Å². The number of hydrogen-bond donors (Lipinski definition) is 0. The number of nitrogens with zero attached hydrogens (tertiary/aromatic N) is 3. The van der Waals surface area contributed by atoms with E-state index in [0.717, 1.165) is 5.56 Å². The van der Waals surface area contributed by atoms with E-state index in [0.29, 0.717) is 17.9 Å². The van der Waals surface area contributed by atoms with Crippen LogP contribution in [0.2, 0.25) is 0 Å². The molecule has 0 aliphatic rings. The highest BCUT2D eigenvalue weighted by molar-refractivity contribution is 5.63. The fourth-order valence-corrected chi connectivity index (χ4v) is 2.21. The van der Waals surface area contributed by atoms with Gasteiger partial charge in [0.15, 0.2) is 0 Å². The molecular formula is C15H13N3O2. The van der Waals surface area contributed by atoms with E-state index in [1.165, 1.54) is 21.2 Å². The van der Waals surface area contributed by atoms with Crippen molar-refractivity contribution in [2.45, 2.75) is 13.5 Å². The first-order valence-corrected chi connectivity index (χ1v) is 6.40. The number of hydrogen-bond acceptors (Lipinski definition) is 3. The largest absolute Gasteiger partial charge is 0.293 e. The van der Waals surface area contributed by atoms with Gasteiger partial charge >= 0.3 is 0 Å². The lowest BCUT2D eigenvalue weighted by Gasteiger charge is -1.97. The minimum absolute atomic E-state index is 0.209. The van der Waals surface area contributed by atoms with E-state index in [9.17, 15) is 9.59 Å². The second-order valence-corrected chi connectivity index (χ2v) is 4.42. The summed E-state index contributed by atoms with van der Waals surface area (Å²) < 4.78 is 2.80. The monoisotopic (exact) mass is 267 g/mol. The van der Waals surface area contributed by atoms with Crippen molar-refractivity contribution in [3.63, 3.8) is 0 Å². The summed E-state index contributed by atoms with van der Waals surface area (Å²) in [6.07, 6.45) is 0. The molecule has 0 unspecified atom stereocenters. The SMILES string of the molecule is CCn1c(=O)ccc(=O)n2nc(-c3ccccc3)cc12. The van der Waals surface area contributed by atoms with Crippen LogP contribution in [-0.4, -0.2) is 14.2 Å². The summed E-state index contributed by atoms with van der Waals surface area (Å²) in [5, 5.41) is 4.32. The predicted octanol–water partition coefficient (Wildman–Crippen LogP) is 1.54. The van der Waals surface area contributed by atoms with Crippen LogP contribution >= 0.6 is 0 Å². The van der Waals surface area contributed by atoms with E-state index in [2.05, 4.69) is 5.10 Å². The quantitative estimate of drug-likeness (QED) is 0.707. The Bertz CT molecular complexity index is 879. The Kier molecular flexibility index (Phi) is 2.95. The Labute approximate surface area is 114 Å². The molecular weight excluding hydrogens is 254 g/mol. The van der Waals surface area contributed by atoms with E-state index < -0.39 is 0 Å². The third-order valence-electron chi connectivity index (χ3n) is 3.20. The van der Waals surface area contributed by atoms with Gasteiger partial charge in [0.2, 0.25) is 0 Å². The molecule has 2 aromatic heterocycles. The van der Waals surface area contributed by atoms with Gasteiger partial charge in [0.05, 0.1) is 5.69 Å². The molecule has 0 fully saturated rings. The summed E-state index contributed by atoms with van der Waals surface area (Å²) in [6, 6.07) is 13.9. The molecule has 5 nitrogen and oxygen atoms in total. The average Bonchev–Trinajstić information content (AvgIpc) is 2.87. The van der Waals surface area contributed by atoms with E-state index in [1.807, 2.05) is 37.3 Å².